The molecule has 49 heavy (non-hydrogen) atoms. The number of hydrogen-bond acceptors (Lipinski definition) is 13. The molecule has 2 saturated heterocycles. The first-order chi connectivity index (χ1) is 22.8. The lowest BCUT2D eigenvalue weighted by atomic mass is 9.36. The minimum atomic E-state index is -1.79. The number of esters is 4. The van der Waals surface area contributed by atoms with Gasteiger partial charge in [0.1, 0.15) is 30.0 Å². The number of furan rings is 1. The summed E-state index contributed by atoms with van der Waals surface area (Å²) in [5.74, 6) is -5.88. The normalized spacial score (nSPS) is 44.4. The average molecular weight is 689 g/mol. The van der Waals surface area contributed by atoms with E-state index >= 15 is 0 Å². The van der Waals surface area contributed by atoms with Crippen LogP contribution in [0.1, 0.15) is 79.9 Å². The number of allylic oxidation sites excluding steroid dienone is 1. The summed E-state index contributed by atoms with van der Waals surface area (Å²) in [6, 6.07) is 1.71. The Bertz CT molecular complexity index is 1530. The van der Waals surface area contributed by atoms with Gasteiger partial charge in [-0.2, -0.15) is 0 Å². The van der Waals surface area contributed by atoms with Gasteiger partial charge in [0, 0.05) is 34.3 Å². The maximum absolute atomic E-state index is 14.2. The van der Waals surface area contributed by atoms with Crippen molar-refractivity contribution in [3.05, 3.63) is 36.3 Å². The van der Waals surface area contributed by atoms with Gasteiger partial charge in [0.25, 0.3) is 0 Å². The van der Waals surface area contributed by atoms with Gasteiger partial charge in [0.2, 0.25) is 6.10 Å². The van der Waals surface area contributed by atoms with Crippen molar-refractivity contribution < 1.29 is 62.6 Å². The minimum Gasteiger partial charge on any atom is -0.472 e. The van der Waals surface area contributed by atoms with E-state index in [1.54, 1.807) is 39.8 Å². The smallest absolute Gasteiger partial charge is 0.348 e. The van der Waals surface area contributed by atoms with E-state index in [2.05, 4.69) is 0 Å². The number of carbonyl (C=O) groups is 4. The second kappa shape index (κ2) is 11.6. The maximum Gasteiger partial charge on any atom is 0.348 e. The summed E-state index contributed by atoms with van der Waals surface area (Å²) in [5.41, 5.74) is -5.89. The number of aliphatic hydroxyl groups excluding tert-OH is 2. The molecule has 3 N–H and O–H groups in total. The molecular weight excluding hydrogens is 640 g/mol. The molecule has 2 saturated carbocycles. The van der Waals surface area contributed by atoms with Crippen LogP contribution in [0, 0.1) is 39.9 Å². The number of cyclic esters (lactones) is 2. The van der Waals surface area contributed by atoms with Crippen LogP contribution in [0.2, 0.25) is 0 Å². The molecule has 1 aromatic heterocycles. The summed E-state index contributed by atoms with van der Waals surface area (Å²) in [5, 5.41) is 34.8. The molecule has 13 nitrogen and oxygen atoms in total. The summed E-state index contributed by atoms with van der Waals surface area (Å²) in [4.78, 5) is 53.4. The second-order valence-corrected chi connectivity index (χ2v) is 16.2. The second-order valence-electron chi connectivity index (χ2n) is 16.2. The van der Waals surface area contributed by atoms with E-state index < -0.39 is 118 Å². The zero-order chi connectivity index (χ0) is 36.1. The lowest BCUT2D eigenvalue weighted by Crippen LogP contribution is -2.77. The van der Waals surface area contributed by atoms with Crippen molar-refractivity contribution in [2.75, 3.05) is 6.61 Å². The summed E-state index contributed by atoms with van der Waals surface area (Å²) in [7, 11) is 0. The number of hydrogen-bond donors (Lipinski definition) is 3. The van der Waals surface area contributed by atoms with Crippen molar-refractivity contribution in [2.45, 2.75) is 116 Å². The molecule has 2 aliphatic carbocycles. The SMILES string of the molecule is CC(C)[C@H](O)C(=O)O[C@H](C(=O)O[C@@H]1[C@H](O)[C@@H]2[C@](C)(/C=C\C(=O)OC[C@@]2(C)O)[C@H]2CC[C@@]3(C)[C@H](c4ccoc4)OC(=O)[C@H]4O[C@]43[C@]12C)C(C)C. The monoisotopic (exact) mass is 688 g/mol. The molecule has 0 amide bonds. The Balaban J connectivity index is 1.51. The van der Waals surface area contributed by atoms with Crippen LogP contribution in [0.3, 0.4) is 0 Å². The lowest BCUT2D eigenvalue weighted by molar-refractivity contribution is -0.294. The van der Waals surface area contributed by atoms with Crippen LogP contribution in [-0.4, -0.2) is 87.5 Å². The molecule has 5 aliphatic rings. The number of ether oxygens (including phenoxy) is 5. The highest BCUT2D eigenvalue weighted by atomic mass is 16.7. The first-order valence-electron chi connectivity index (χ1n) is 17.0. The minimum absolute atomic E-state index is 0.434. The Morgan fingerprint density at radius 1 is 1.02 bits per heavy atom. The molecule has 270 valence electrons. The van der Waals surface area contributed by atoms with Crippen molar-refractivity contribution in [2.24, 2.45) is 39.9 Å². The summed E-state index contributed by atoms with van der Waals surface area (Å²) < 4.78 is 35.1. The molecule has 6 rings (SSSR count). The fourth-order valence-electron chi connectivity index (χ4n) is 10.2. The fourth-order valence-corrected chi connectivity index (χ4v) is 10.2. The van der Waals surface area contributed by atoms with Crippen LogP contribution in [0.5, 0.6) is 0 Å². The third-order valence-electron chi connectivity index (χ3n) is 12.4. The van der Waals surface area contributed by atoms with E-state index in [9.17, 15) is 34.5 Å². The molecule has 3 aliphatic heterocycles. The van der Waals surface area contributed by atoms with Gasteiger partial charge in [-0.3, -0.25) is 0 Å². The maximum atomic E-state index is 14.2. The first-order valence-corrected chi connectivity index (χ1v) is 17.0. The molecule has 13 heteroatoms. The van der Waals surface area contributed by atoms with Gasteiger partial charge in [-0.25, -0.2) is 19.2 Å². The number of epoxide rings is 1. The molecule has 1 aromatic rings. The molecule has 4 fully saturated rings. The van der Waals surface area contributed by atoms with Crippen LogP contribution in [0.25, 0.3) is 0 Å². The third kappa shape index (κ3) is 4.93. The lowest BCUT2D eigenvalue weighted by Gasteiger charge is -2.69. The highest BCUT2D eigenvalue weighted by molar-refractivity contribution is 5.84. The topological polar surface area (TPSA) is 192 Å². The van der Waals surface area contributed by atoms with Crippen molar-refractivity contribution in [1.82, 2.24) is 0 Å². The number of rotatable bonds is 7. The zero-order valence-corrected chi connectivity index (χ0v) is 29.2. The summed E-state index contributed by atoms with van der Waals surface area (Å²) in [6.45, 7) is 13.2. The van der Waals surface area contributed by atoms with Gasteiger partial charge in [-0.1, -0.05) is 54.5 Å². The highest BCUT2D eigenvalue weighted by Gasteiger charge is 2.89. The molecule has 4 heterocycles. The van der Waals surface area contributed by atoms with Gasteiger partial charge in [-0.15, -0.1) is 0 Å². The van der Waals surface area contributed by atoms with Crippen LogP contribution in [0.15, 0.2) is 35.2 Å². The number of aliphatic hydroxyl groups is 3. The van der Waals surface area contributed by atoms with Gasteiger partial charge < -0.3 is 43.4 Å². The van der Waals surface area contributed by atoms with Gasteiger partial charge >= 0.3 is 23.9 Å². The van der Waals surface area contributed by atoms with E-state index in [0.29, 0.717) is 18.4 Å². The predicted octanol–water partition coefficient (Wildman–Crippen LogP) is 2.80. The summed E-state index contributed by atoms with van der Waals surface area (Å²) in [6.07, 6.45) is -1.00. The van der Waals surface area contributed by atoms with E-state index in [1.165, 1.54) is 25.5 Å². The van der Waals surface area contributed by atoms with Crippen LogP contribution >= 0.6 is 0 Å². The number of carbonyl (C=O) groups excluding carboxylic acids is 4. The highest BCUT2D eigenvalue weighted by Crippen LogP contribution is 2.79. The molecule has 0 aromatic carbocycles. The molecule has 0 bridgehead atoms. The van der Waals surface area contributed by atoms with Gasteiger partial charge in [0.05, 0.1) is 18.6 Å². The Morgan fingerprint density at radius 2 is 1.71 bits per heavy atom. The number of fused-ring (bicyclic) bond motifs is 3. The van der Waals surface area contributed by atoms with E-state index in [0.717, 1.165) is 0 Å². The summed E-state index contributed by atoms with van der Waals surface area (Å²) >= 11 is 0. The Labute approximate surface area is 285 Å². The fraction of sp³-hybridized carbons (Fsp3) is 0.722. The predicted molar refractivity (Wildman–Crippen MR) is 168 cm³/mol. The van der Waals surface area contributed by atoms with Crippen molar-refractivity contribution in [1.29, 1.82) is 0 Å². The Kier molecular flexibility index (Phi) is 8.45. The third-order valence-corrected chi connectivity index (χ3v) is 12.4. The Morgan fingerprint density at radius 3 is 2.33 bits per heavy atom. The van der Waals surface area contributed by atoms with Crippen molar-refractivity contribution in [3.8, 4) is 0 Å². The molecule has 0 unspecified atom stereocenters. The molecule has 13 atom stereocenters. The van der Waals surface area contributed by atoms with E-state index in [1.807, 2.05) is 20.8 Å². The molecule has 1 spiro atoms. The van der Waals surface area contributed by atoms with E-state index in [-0.39, 0.29) is 0 Å². The van der Waals surface area contributed by atoms with Crippen LogP contribution in [0.4, 0.5) is 0 Å². The standard InChI is InChI=1S/C36H48O13/c1-17(2)22(38)29(40)46-24(18(3)4)30(41)48-27-23(39)25-32(5,12-10-21(37)45-16-34(25,7)43)20-9-13-33(6)26(19-11-14-44-15-19)47-31(42)28-36(33,49-28)35(20,27)8/h10-12,14-15,17-18,20,22-28,38-39,43H,9,13,16H2,1-8H3/b12-10-/t20-,22+,23-,24+,25-,26+,27-,28-,32-,33+,34-,35+,36-/m1/s1. The Hall–Kier alpha value is -3.26. The van der Waals surface area contributed by atoms with Gasteiger partial charge in [-0.05, 0) is 43.1 Å². The van der Waals surface area contributed by atoms with Crippen molar-refractivity contribution >= 4 is 23.9 Å². The molecular formula is C36H48O13. The molecule has 0 radical (unpaired) electrons. The van der Waals surface area contributed by atoms with E-state index in [4.69, 9.17) is 28.1 Å². The largest absolute Gasteiger partial charge is 0.472 e. The van der Waals surface area contributed by atoms with Crippen LogP contribution in [-0.2, 0) is 42.9 Å². The first kappa shape index (κ1) is 35.6. The van der Waals surface area contributed by atoms with Crippen LogP contribution < -0.4 is 0 Å². The zero-order valence-electron chi connectivity index (χ0n) is 29.2. The quantitative estimate of drug-likeness (QED) is 0.216. The average Bonchev–Trinajstić information content (AvgIpc) is 3.60. The van der Waals surface area contributed by atoms with Gasteiger partial charge in [0.15, 0.2) is 12.2 Å². The van der Waals surface area contributed by atoms with Crippen molar-refractivity contribution in [3.63, 3.8) is 0 Å².